The zero-order valence-corrected chi connectivity index (χ0v) is 14.5. The first kappa shape index (κ1) is 18.6. The van der Waals surface area contributed by atoms with E-state index in [0.29, 0.717) is 12.2 Å². The molecule has 0 fully saturated rings. The Hall–Kier alpha value is -1.49. The Labute approximate surface area is 137 Å². The predicted molar refractivity (Wildman–Crippen MR) is 94.4 cm³/mol. The molecule has 122 valence electrons. The predicted octanol–water partition coefficient (Wildman–Crippen LogP) is 3.28. The minimum atomic E-state index is 0.0356. The molecule has 0 bridgehead atoms. The zero-order valence-electron chi connectivity index (χ0n) is 13.7. The number of rotatable bonds is 9. The molecule has 0 saturated carbocycles. The van der Waals surface area contributed by atoms with Crippen molar-refractivity contribution < 1.29 is 9.59 Å². The van der Waals surface area contributed by atoms with Gasteiger partial charge in [0.1, 0.15) is 0 Å². The van der Waals surface area contributed by atoms with Gasteiger partial charge in [0.2, 0.25) is 11.8 Å². The number of amides is 2. The summed E-state index contributed by atoms with van der Waals surface area (Å²) >= 11 is 1.57. The lowest BCUT2D eigenvalue weighted by Crippen LogP contribution is -2.25. The molecule has 5 heteroatoms. The van der Waals surface area contributed by atoms with Crippen molar-refractivity contribution in [1.29, 1.82) is 0 Å². The first-order chi connectivity index (χ1) is 10.5. The first-order valence-corrected chi connectivity index (χ1v) is 8.90. The third-order valence-corrected chi connectivity index (χ3v) is 4.29. The Kier molecular flexibility index (Phi) is 8.67. The maximum atomic E-state index is 12.0. The average molecular weight is 322 g/mol. The van der Waals surface area contributed by atoms with Crippen molar-refractivity contribution in [2.24, 2.45) is 0 Å². The van der Waals surface area contributed by atoms with Crippen LogP contribution in [0.2, 0.25) is 0 Å². The van der Waals surface area contributed by atoms with Crippen LogP contribution >= 0.6 is 11.8 Å². The number of hydrogen-bond acceptors (Lipinski definition) is 3. The fourth-order valence-electron chi connectivity index (χ4n) is 2.03. The number of nitrogens with one attached hydrogen (secondary N) is 2. The third-order valence-electron chi connectivity index (χ3n) is 3.24. The molecule has 0 saturated heterocycles. The number of carbonyl (C=O) groups is 2. The van der Waals surface area contributed by atoms with E-state index in [1.54, 1.807) is 11.8 Å². The molecule has 2 amide bonds. The Morgan fingerprint density at radius 2 is 1.82 bits per heavy atom. The minimum absolute atomic E-state index is 0.0356. The van der Waals surface area contributed by atoms with Crippen LogP contribution in [0.1, 0.15) is 37.3 Å². The molecule has 0 heterocycles. The molecule has 0 aliphatic rings. The number of hydrogen-bond donors (Lipinski definition) is 2. The zero-order chi connectivity index (χ0) is 16.4. The van der Waals surface area contributed by atoms with Gasteiger partial charge in [0.15, 0.2) is 0 Å². The quantitative estimate of drug-likeness (QED) is 0.686. The highest BCUT2D eigenvalue weighted by atomic mass is 32.2. The van der Waals surface area contributed by atoms with Gasteiger partial charge in [0, 0.05) is 18.7 Å². The summed E-state index contributed by atoms with van der Waals surface area (Å²) < 4.78 is 0. The molecule has 0 unspecified atom stereocenters. The number of carbonyl (C=O) groups excluding carboxylic acids is 2. The summed E-state index contributed by atoms with van der Waals surface area (Å²) in [7, 11) is 0. The van der Waals surface area contributed by atoms with Crippen LogP contribution in [-0.2, 0) is 9.59 Å². The van der Waals surface area contributed by atoms with Crippen molar-refractivity contribution in [3.63, 3.8) is 0 Å². The molecule has 0 aliphatic carbocycles. The maximum absolute atomic E-state index is 12.0. The Balaban J connectivity index is 2.20. The van der Waals surface area contributed by atoms with Crippen molar-refractivity contribution in [1.82, 2.24) is 5.32 Å². The van der Waals surface area contributed by atoms with E-state index in [0.717, 1.165) is 42.0 Å². The minimum Gasteiger partial charge on any atom is -0.355 e. The standard InChI is InChI=1S/C17H26N2O2S/c1-4-10-18-16(21)12-22-11-6-9-15(20)19-17-13(2)7-5-8-14(17)3/h5,7-8H,4,6,9-12H2,1-3H3,(H,18,21)(H,19,20). The van der Waals surface area contributed by atoms with Crippen LogP contribution in [0, 0.1) is 13.8 Å². The van der Waals surface area contributed by atoms with Gasteiger partial charge in [-0.2, -0.15) is 11.8 Å². The highest BCUT2D eigenvalue weighted by Gasteiger charge is 2.07. The van der Waals surface area contributed by atoms with Crippen LogP contribution < -0.4 is 10.6 Å². The molecule has 1 rings (SSSR count). The van der Waals surface area contributed by atoms with Crippen LogP contribution in [0.25, 0.3) is 0 Å². The molecule has 0 aliphatic heterocycles. The lowest BCUT2D eigenvalue weighted by molar-refractivity contribution is -0.118. The van der Waals surface area contributed by atoms with Gasteiger partial charge >= 0.3 is 0 Å². The van der Waals surface area contributed by atoms with Gasteiger partial charge in [-0.3, -0.25) is 9.59 Å². The maximum Gasteiger partial charge on any atom is 0.229 e. The van der Waals surface area contributed by atoms with Crippen molar-refractivity contribution >= 4 is 29.3 Å². The smallest absolute Gasteiger partial charge is 0.229 e. The fourth-order valence-corrected chi connectivity index (χ4v) is 2.81. The number of thioether (sulfide) groups is 1. The van der Waals surface area contributed by atoms with E-state index in [9.17, 15) is 9.59 Å². The lowest BCUT2D eigenvalue weighted by atomic mass is 10.1. The van der Waals surface area contributed by atoms with Crippen molar-refractivity contribution in [2.75, 3.05) is 23.4 Å². The monoisotopic (exact) mass is 322 g/mol. The van der Waals surface area contributed by atoms with Gasteiger partial charge in [-0.1, -0.05) is 25.1 Å². The summed E-state index contributed by atoms with van der Waals surface area (Å²) in [5.74, 6) is 1.40. The molecule has 0 radical (unpaired) electrons. The normalized spacial score (nSPS) is 10.3. The second kappa shape index (κ2) is 10.3. The second-order valence-corrected chi connectivity index (χ2v) is 6.43. The van der Waals surface area contributed by atoms with Crippen LogP contribution in [0.4, 0.5) is 5.69 Å². The first-order valence-electron chi connectivity index (χ1n) is 7.75. The number of aryl methyl sites for hydroxylation is 2. The van der Waals surface area contributed by atoms with Gasteiger partial charge in [-0.15, -0.1) is 0 Å². The van der Waals surface area contributed by atoms with Gasteiger partial charge in [0.25, 0.3) is 0 Å². The number of para-hydroxylation sites is 1. The lowest BCUT2D eigenvalue weighted by Gasteiger charge is -2.11. The molecule has 22 heavy (non-hydrogen) atoms. The molecule has 2 N–H and O–H groups in total. The summed E-state index contributed by atoms with van der Waals surface area (Å²) in [6.07, 6.45) is 2.22. The van der Waals surface area contributed by atoms with E-state index in [2.05, 4.69) is 10.6 Å². The van der Waals surface area contributed by atoms with Crippen LogP contribution in [-0.4, -0.2) is 29.9 Å². The number of anilines is 1. The Morgan fingerprint density at radius 3 is 2.45 bits per heavy atom. The van der Waals surface area contributed by atoms with Crippen LogP contribution in [0.5, 0.6) is 0 Å². The SMILES string of the molecule is CCCNC(=O)CSCCCC(=O)Nc1c(C)cccc1C. The van der Waals surface area contributed by atoms with Gasteiger partial charge < -0.3 is 10.6 Å². The topological polar surface area (TPSA) is 58.2 Å². The summed E-state index contributed by atoms with van der Waals surface area (Å²) in [5, 5.41) is 5.82. The van der Waals surface area contributed by atoms with E-state index in [4.69, 9.17) is 0 Å². The van der Waals surface area contributed by atoms with Gasteiger partial charge in [0.05, 0.1) is 5.75 Å². The summed E-state index contributed by atoms with van der Waals surface area (Å²) in [4.78, 5) is 23.4. The molecule has 0 aromatic heterocycles. The molecule has 0 atom stereocenters. The molecule has 1 aromatic carbocycles. The average Bonchev–Trinajstić information content (AvgIpc) is 2.48. The Morgan fingerprint density at radius 1 is 1.14 bits per heavy atom. The van der Waals surface area contributed by atoms with Gasteiger partial charge in [-0.25, -0.2) is 0 Å². The summed E-state index contributed by atoms with van der Waals surface area (Å²) in [5.41, 5.74) is 3.07. The van der Waals surface area contributed by atoms with Crippen molar-refractivity contribution in [3.8, 4) is 0 Å². The second-order valence-electron chi connectivity index (χ2n) is 5.32. The molecule has 0 spiro atoms. The van der Waals surface area contributed by atoms with Crippen LogP contribution in [0.15, 0.2) is 18.2 Å². The molecular formula is C17H26N2O2S. The summed E-state index contributed by atoms with van der Waals surface area (Å²) in [6, 6.07) is 5.97. The van der Waals surface area contributed by atoms with Crippen LogP contribution in [0.3, 0.4) is 0 Å². The number of benzene rings is 1. The van der Waals surface area contributed by atoms with Crippen molar-refractivity contribution in [2.45, 2.75) is 40.0 Å². The highest BCUT2D eigenvalue weighted by Crippen LogP contribution is 2.19. The van der Waals surface area contributed by atoms with E-state index >= 15 is 0 Å². The van der Waals surface area contributed by atoms with E-state index < -0.39 is 0 Å². The van der Waals surface area contributed by atoms with Gasteiger partial charge in [-0.05, 0) is 43.6 Å². The van der Waals surface area contributed by atoms with E-state index in [-0.39, 0.29) is 11.8 Å². The summed E-state index contributed by atoms with van der Waals surface area (Å²) in [6.45, 7) is 6.75. The van der Waals surface area contributed by atoms with E-state index in [1.165, 1.54) is 0 Å². The molecular weight excluding hydrogens is 296 g/mol. The Bertz CT molecular complexity index is 483. The van der Waals surface area contributed by atoms with E-state index in [1.807, 2.05) is 39.0 Å². The fraction of sp³-hybridized carbons (Fsp3) is 0.529. The third kappa shape index (κ3) is 6.98. The largest absolute Gasteiger partial charge is 0.355 e. The van der Waals surface area contributed by atoms with Crippen molar-refractivity contribution in [3.05, 3.63) is 29.3 Å². The molecule has 1 aromatic rings. The highest BCUT2D eigenvalue weighted by molar-refractivity contribution is 7.99. The molecule has 4 nitrogen and oxygen atoms in total.